The Labute approximate surface area is 192 Å². The van der Waals surface area contributed by atoms with E-state index in [9.17, 15) is 4.79 Å². The van der Waals surface area contributed by atoms with Crippen LogP contribution in [0.5, 0.6) is 0 Å². The third-order valence-electron chi connectivity index (χ3n) is 6.30. The highest BCUT2D eigenvalue weighted by molar-refractivity contribution is 6.11. The average Bonchev–Trinajstić information content (AvgIpc) is 3.26. The zero-order valence-corrected chi connectivity index (χ0v) is 18.8. The molecule has 4 aromatic rings. The zero-order chi connectivity index (χ0) is 22.9. The first-order valence-corrected chi connectivity index (χ1v) is 11.2. The number of hydrogen-bond donors (Lipinski definition) is 1. The number of nitrogens with zero attached hydrogens (tertiary/aromatic N) is 4. The highest BCUT2D eigenvalue weighted by Crippen LogP contribution is 2.32. The van der Waals surface area contributed by atoms with Gasteiger partial charge in [-0.15, -0.1) is 0 Å². The first-order chi connectivity index (χ1) is 16.0. The molecule has 1 aliphatic rings. The van der Waals surface area contributed by atoms with Crippen molar-refractivity contribution < 1.29 is 9.18 Å². The van der Waals surface area contributed by atoms with Crippen LogP contribution in [0.4, 0.5) is 10.2 Å². The van der Waals surface area contributed by atoms with Crippen LogP contribution in [-0.2, 0) is 7.05 Å². The van der Waals surface area contributed by atoms with Crippen molar-refractivity contribution in [2.45, 2.75) is 25.8 Å². The van der Waals surface area contributed by atoms with Crippen LogP contribution in [0.3, 0.4) is 0 Å². The van der Waals surface area contributed by atoms with Gasteiger partial charge in [-0.3, -0.25) is 14.4 Å². The second-order valence-corrected chi connectivity index (χ2v) is 8.58. The van der Waals surface area contributed by atoms with Crippen LogP contribution < -0.4 is 10.2 Å². The number of halogens is 1. The Morgan fingerprint density at radius 3 is 2.82 bits per heavy atom. The Kier molecular flexibility index (Phi) is 5.64. The Bertz CT molecular complexity index is 1320. The van der Waals surface area contributed by atoms with Crippen LogP contribution in [0.1, 0.15) is 28.8 Å². The number of pyridine rings is 1. The maximum atomic E-state index is 15.3. The third kappa shape index (κ3) is 4.00. The van der Waals surface area contributed by atoms with Crippen LogP contribution in [0, 0.1) is 12.7 Å². The number of nitrogens with one attached hydrogen (secondary N) is 1. The SMILES string of the molecule is Cc1cccc2ccnc(N(C(=O)c3ccc(-c4cnn(C)c4)cc3F)[C@@H]3CCCNC3)c12. The molecule has 5 rings (SSSR count). The minimum atomic E-state index is -0.549. The molecule has 6 nitrogen and oxygen atoms in total. The Hall–Kier alpha value is -3.58. The van der Waals surface area contributed by atoms with E-state index in [4.69, 9.17) is 0 Å². The molecule has 0 unspecified atom stereocenters. The smallest absolute Gasteiger partial charge is 0.262 e. The third-order valence-corrected chi connectivity index (χ3v) is 6.30. The molecule has 1 aliphatic heterocycles. The summed E-state index contributed by atoms with van der Waals surface area (Å²) >= 11 is 0. The van der Waals surface area contributed by atoms with Gasteiger partial charge < -0.3 is 5.32 Å². The van der Waals surface area contributed by atoms with Crippen molar-refractivity contribution in [2.24, 2.45) is 7.05 Å². The molecule has 168 valence electrons. The van der Waals surface area contributed by atoms with Crippen molar-refractivity contribution in [3.8, 4) is 11.1 Å². The molecule has 33 heavy (non-hydrogen) atoms. The number of amides is 1. The molecule has 1 saturated heterocycles. The summed E-state index contributed by atoms with van der Waals surface area (Å²) in [4.78, 5) is 20.2. The van der Waals surface area contributed by atoms with E-state index in [1.165, 1.54) is 6.07 Å². The van der Waals surface area contributed by atoms with Gasteiger partial charge in [0.15, 0.2) is 0 Å². The number of anilines is 1. The highest BCUT2D eigenvalue weighted by atomic mass is 19.1. The van der Waals surface area contributed by atoms with Crippen molar-refractivity contribution in [3.05, 3.63) is 78.0 Å². The normalized spacial score (nSPS) is 16.2. The lowest BCUT2D eigenvalue weighted by molar-refractivity contribution is 0.0968. The highest BCUT2D eigenvalue weighted by Gasteiger charge is 2.31. The predicted octanol–water partition coefficient (Wildman–Crippen LogP) is 4.48. The van der Waals surface area contributed by atoms with E-state index in [1.54, 1.807) is 34.1 Å². The molecule has 1 amide bonds. The summed E-state index contributed by atoms with van der Waals surface area (Å²) in [5.74, 6) is -0.339. The molecule has 2 aromatic carbocycles. The fourth-order valence-corrected chi connectivity index (χ4v) is 4.63. The Morgan fingerprint density at radius 2 is 2.09 bits per heavy atom. The molecule has 0 aliphatic carbocycles. The molecule has 0 saturated carbocycles. The molecule has 1 atom stereocenters. The molecule has 1 N–H and O–H groups in total. The number of hydrogen-bond acceptors (Lipinski definition) is 4. The van der Waals surface area contributed by atoms with Gasteiger partial charge in [0.05, 0.1) is 17.8 Å². The number of piperidine rings is 1. The average molecular weight is 444 g/mol. The van der Waals surface area contributed by atoms with Gasteiger partial charge in [0, 0.05) is 36.9 Å². The molecule has 3 heterocycles. The minimum absolute atomic E-state index is 0.0422. The lowest BCUT2D eigenvalue weighted by atomic mass is 10.0. The molecule has 0 bridgehead atoms. The van der Waals surface area contributed by atoms with Crippen LogP contribution in [-0.4, -0.2) is 39.8 Å². The second kappa shape index (κ2) is 8.75. The van der Waals surface area contributed by atoms with E-state index in [0.29, 0.717) is 17.9 Å². The lowest BCUT2D eigenvalue weighted by Gasteiger charge is -2.35. The van der Waals surface area contributed by atoms with Crippen LogP contribution in [0.15, 0.2) is 61.1 Å². The number of aryl methyl sites for hydroxylation is 2. The van der Waals surface area contributed by atoms with Crippen molar-refractivity contribution in [3.63, 3.8) is 0 Å². The molecule has 7 heteroatoms. The van der Waals surface area contributed by atoms with Gasteiger partial charge in [-0.25, -0.2) is 9.37 Å². The molecule has 0 spiro atoms. The maximum absolute atomic E-state index is 15.3. The van der Waals surface area contributed by atoms with Gasteiger partial charge in [-0.2, -0.15) is 5.10 Å². The van der Waals surface area contributed by atoms with E-state index >= 15 is 4.39 Å². The Balaban J connectivity index is 1.60. The number of carbonyl (C=O) groups is 1. The first-order valence-electron chi connectivity index (χ1n) is 11.2. The van der Waals surface area contributed by atoms with Gasteiger partial charge in [-0.05, 0) is 61.0 Å². The summed E-state index contributed by atoms with van der Waals surface area (Å²) in [6, 6.07) is 12.6. The fourth-order valence-electron chi connectivity index (χ4n) is 4.63. The number of carbonyl (C=O) groups excluding carboxylic acids is 1. The molecule has 0 radical (unpaired) electrons. The van der Waals surface area contributed by atoms with E-state index in [2.05, 4.69) is 15.4 Å². The maximum Gasteiger partial charge on any atom is 0.262 e. The molecular weight excluding hydrogens is 417 g/mol. The van der Waals surface area contributed by atoms with Crippen LogP contribution in [0.25, 0.3) is 21.9 Å². The molecular formula is C26H26FN5O. The van der Waals surface area contributed by atoms with Gasteiger partial charge >= 0.3 is 0 Å². The summed E-state index contributed by atoms with van der Waals surface area (Å²) < 4.78 is 17.0. The van der Waals surface area contributed by atoms with Crippen molar-refractivity contribution in [1.82, 2.24) is 20.1 Å². The summed E-state index contributed by atoms with van der Waals surface area (Å²) in [5.41, 5.74) is 2.56. The van der Waals surface area contributed by atoms with Gasteiger partial charge in [0.2, 0.25) is 0 Å². The minimum Gasteiger partial charge on any atom is -0.315 e. The summed E-state index contributed by atoms with van der Waals surface area (Å²) in [6.07, 6.45) is 6.99. The summed E-state index contributed by atoms with van der Waals surface area (Å²) in [7, 11) is 1.81. The molecule has 1 fully saturated rings. The summed E-state index contributed by atoms with van der Waals surface area (Å²) in [6.45, 7) is 3.57. The topological polar surface area (TPSA) is 63.1 Å². The standard InChI is InChI=1S/C26H26FN5O/c1-17-5-3-6-18-10-12-29-25(24(17)18)32(21-7-4-11-28-15-21)26(33)22-9-8-19(13-23(22)27)20-14-30-31(2)16-20/h3,5-6,8-10,12-14,16,21,28H,4,7,11,15H2,1-2H3/t21-/m1/s1. The second-order valence-electron chi connectivity index (χ2n) is 8.58. The fraction of sp³-hybridized carbons (Fsp3) is 0.269. The van der Waals surface area contributed by atoms with Crippen molar-refractivity contribution >= 4 is 22.5 Å². The lowest BCUT2D eigenvalue weighted by Crippen LogP contribution is -2.49. The summed E-state index contributed by atoms with van der Waals surface area (Å²) in [5, 5.41) is 9.46. The van der Waals surface area contributed by atoms with E-state index in [0.717, 1.165) is 41.3 Å². The van der Waals surface area contributed by atoms with E-state index < -0.39 is 5.82 Å². The number of fused-ring (bicyclic) bond motifs is 1. The van der Waals surface area contributed by atoms with Crippen molar-refractivity contribution in [1.29, 1.82) is 0 Å². The van der Waals surface area contributed by atoms with Gasteiger partial charge in [-0.1, -0.05) is 24.3 Å². The van der Waals surface area contributed by atoms with E-state index in [1.807, 2.05) is 44.4 Å². The predicted molar refractivity (Wildman–Crippen MR) is 128 cm³/mol. The van der Waals surface area contributed by atoms with Crippen molar-refractivity contribution in [2.75, 3.05) is 18.0 Å². The monoisotopic (exact) mass is 443 g/mol. The first kappa shape index (κ1) is 21.3. The number of rotatable bonds is 4. The van der Waals surface area contributed by atoms with Crippen LogP contribution in [0.2, 0.25) is 0 Å². The number of benzene rings is 2. The van der Waals surface area contributed by atoms with Gasteiger partial charge in [0.25, 0.3) is 5.91 Å². The zero-order valence-electron chi connectivity index (χ0n) is 18.8. The Morgan fingerprint density at radius 1 is 1.21 bits per heavy atom. The van der Waals surface area contributed by atoms with Gasteiger partial charge in [0.1, 0.15) is 11.6 Å². The quantitative estimate of drug-likeness (QED) is 0.505. The largest absolute Gasteiger partial charge is 0.315 e. The van der Waals surface area contributed by atoms with E-state index in [-0.39, 0.29) is 17.5 Å². The van der Waals surface area contributed by atoms with Crippen LogP contribution >= 0.6 is 0 Å². The number of aromatic nitrogens is 3. The molecule has 2 aromatic heterocycles.